The van der Waals surface area contributed by atoms with E-state index in [9.17, 15) is 9.59 Å². The molecule has 114 valence electrons. The van der Waals surface area contributed by atoms with Crippen LogP contribution in [0.3, 0.4) is 0 Å². The molecule has 5 heteroatoms. The standard InChI is InChI=1S/C16H23N3O2/c1-16(2,3)14(20)10-19-13-8-6-5-7-12(13)18(4)9-11(17)15(19)21/h5-8,11H,9-10,17H2,1-4H3. The van der Waals surface area contributed by atoms with E-state index in [-0.39, 0.29) is 18.2 Å². The fourth-order valence-corrected chi connectivity index (χ4v) is 2.35. The second kappa shape index (κ2) is 5.48. The molecule has 0 aliphatic carbocycles. The second-order valence-electron chi connectivity index (χ2n) is 6.57. The van der Waals surface area contributed by atoms with E-state index in [4.69, 9.17) is 5.73 Å². The molecule has 1 aromatic carbocycles. The van der Waals surface area contributed by atoms with Crippen LogP contribution in [-0.4, -0.2) is 37.9 Å². The lowest BCUT2D eigenvalue weighted by Gasteiger charge is -2.27. The van der Waals surface area contributed by atoms with Crippen LogP contribution in [0.5, 0.6) is 0 Å². The number of carbonyl (C=O) groups excluding carboxylic acids is 2. The molecule has 0 fully saturated rings. The van der Waals surface area contributed by atoms with Crippen molar-refractivity contribution in [3.05, 3.63) is 24.3 Å². The van der Waals surface area contributed by atoms with Gasteiger partial charge in [-0.05, 0) is 12.1 Å². The average molecular weight is 289 g/mol. The third-order valence-electron chi connectivity index (χ3n) is 3.78. The van der Waals surface area contributed by atoms with Gasteiger partial charge in [0.25, 0.3) is 0 Å². The maximum atomic E-state index is 12.5. The van der Waals surface area contributed by atoms with E-state index in [2.05, 4.69) is 0 Å². The van der Waals surface area contributed by atoms with Crippen LogP contribution < -0.4 is 15.5 Å². The van der Waals surface area contributed by atoms with Gasteiger partial charge in [-0.3, -0.25) is 9.59 Å². The van der Waals surface area contributed by atoms with Crippen LogP contribution in [0, 0.1) is 5.41 Å². The van der Waals surface area contributed by atoms with Gasteiger partial charge in [0.1, 0.15) is 6.04 Å². The summed E-state index contributed by atoms with van der Waals surface area (Å²) < 4.78 is 0. The molecule has 21 heavy (non-hydrogen) atoms. The maximum absolute atomic E-state index is 12.5. The van der Waals surface area contributed by atoms with Gasteiger partial charge >= 0.3 is 0 Å². The summed E-state index contributed by atoms with van der Waals surface area (Å²) >= 11 is 0. The van der Waals surface area contributed by atoms with Crippen LogP contribution in [-0.2, 0) is 9.59 Å². The minimum atomic E-state index is -0.629. The lowest BCUT2D eigenvalue weighted by atomic mass is 9.90. The molecule has 0 radical (unpaired) electrons. The van der Waals surface area contributed by atoms with Gasteiger partial charge in [-0.2, -0.15) is 0 Å². The summed E-state index contributed by atoms with van der Waals surface area (Å²) in [6.45, 7) is 6.07. The first-order valence-electron chi connectivity index (χ1n) is 7.12. The number of anilines is 2. The van der Waals surface area contributed by atoms with Crippen LogP contribution >= 0.6 is 0 Å². The molecule has 1 unspecified atom stereocenters. The van der Waals surface area contributed by atoms with E-state index in [0.29, 0.717) is 6.54 Å². The molecule has 0 aromatic heterocycles. The summed E-state index contributed by atoms with van der Waals surface area (Å²) in [7, 11) is 1.90. The third kappa shape index (κ3) is 3.08. The second-order valence-corrected chi connectivity index (χ2v) is 6.57. The van der Waals surface area contributed by atoms with Gasteiger partial charge in [0, 0.05) is 19.0 Å². The van der Waals surface area contributed by atoms with Crippen molar-refractivity contribution in [2.45, 2.75) is 26.8 Å². The lowest BCUT2D eigenvalue weighted by molar-refractivity contribution is -0.127. The summed E-state index contributed by atoms with van der Waals surface area (Å²) in [5.74, 6) is -0.188. The quantitative estimate of drug-likeness (QED) is 0.894. The van der Waals surface area contributed by atoms with Crippen LogP contribution in [0.1, 0.15) is 20.8 Å². The molecule has 1 aromatic rings. The Labute approximate surface area is 125 Å². The van der Waals surface area contributed by atoms with Crippen molar-refractivity contribution in [1.82, 2.24) is 0 Å². The molecule has 1 heterocycles. The summed E-state index contributed by atoms with van der Waals surface area (Å²) in [5, 5.41) is 0. The number of Topliss-reactive ketones (excluding diaryl/α,β-unsaturated/α-hetero) is 1. The summed E-state index contributed by atoms with van der Waals surface area (Å²) in [6, 6.07) is 6.95. The molecule has 5 nitrogen and oxygen atoms in total. The Morgan fingerprint density at radius 1 is 1.29 bits per heavy atom. The summed E-state index contributed by atoms with van der Waals surface area (Å²) in [6.07, 6.45) is 0. The highest BCUT2D eigenvalue weighted by atomic mass is 16.2. The smallest absolute Gasteiger partial charge is 0.246 e. The molecule has 1 atom stereocenters. The largest absolute Gasteiger partial charge is 0.371 e. The van der Waals surface area contributed by atoms with Gasteiger partial charge in [-0.25, -0.2) is 0 Å². The topological polar surface area (TPSA) is 66.6 Å². The number of carbonyl (C=O) groups is 2. The van der Waals surface area contributed by atoms with E-state index in [0.717, 1.165) is 11.4 Å². The van der Waals surface area contributed by atoms with Gasteiger partial charge in [0.15, 0.2) is 5.78 Å². The Kier molecular flexibility index (Phi) is 4.05. The fourth-order valence-electron chi connectivity index (χ4n) is 2.35. The van der Waals surface area contributed by atoms with Crippen molar-refractivity contribution in [3.63, 3.8) is 0 Å². The minimum absolute atomic E-state index is 0.0161. The number of hydrogen-bond acceptors (Lipinski definition) is 4. The first-order chi connectivity index (χ1) is 9.71. The predicted molar refractivity (Wildman–Crippen MR) is 84.5 cm³/mol. The molecule has 2 rings (SSSR count). The number of fused-ring (bicyclic) bond motifs is 1. The third-order valence-corrected chi connectivity index (χ3v) is 3.78. The van der Waals surface area contributed by atoms with Crippen molar-refractivity contribution >= 4 is 23.1 Å². The molecule has 0 saturated carbocycles. The van der Waals surface area contributed by atoms with Crippen molar-refractivity contribution in [2.24, 2.45) is 11.1 Å². The number of para-hydroxylation sites is 2. The zero-order valence-electron chi connectivity index (χ0n) is 13.1. The number of ketones is 1. The maximum Gasteiger partial charge on any atom is 0.246 e. The molecule has 0 spiro atoms. The molecule has 1 aliphatic rings. The SMILES string of the molecule is CN1CC(N)C(=O)N(CC(=O)C(C)(C)C)c2ccccc21. The monoisotopic (exact) mass is 289 g/mol. The van der Waals surface area contributed by atoms with E-state index >= 15 is 0 Å². The Morgan fingerprint density at radius 3 is 2.43 bits per heavy atom. The Bertz CT molecular complexity index is 563. The number of nitrogens with two attached hydrogens (primary N) is 1. The zero-order chi connectivity index (χ0) is 15.8. The van der Waals surface area contributed by atoms with Crippen LogP contribution in [0.15, 0.2) is 24.3 Å². The molecular weight excluding hydrogens is 266 g/mol. The average Bonchev–Trinajstić information content (AvgIpc) is 2.49. The highest BCUT2D eigenvalue weighted by Gasteiger charge is 2.33. The van der Waals surface area contributed by atoms with Gasteiger partial charge in [-0.15, -0.1) is 0 Å². The fraction of sp³-hybridized carbons (Fsp3) is 0.500. The van der Waals surface area contributed by atoms with Crippen molar-refractivity contribution < 1.29 is 9.59 Å². The van der Waals surface area contributed by atoms with Crippen molar-refractivity contribution in [1.29, 1.82) is 0 Å². The predicted octanol–water partition coefficient (Wildman–Crippen LogP) is 1.41. The Hall–Kier alpha value is -1.88. The number of likely N-dealkylation sites (N-methyl/N-ethyl adjacent to an activating group) is 1. The Morgan fingerprint density at radius 2 is 1.86 bits per heavy atom. The van der Waals surface area contributed by atoms with Gasteiger partial charge in [-0.1, -0.05) is 32.9 Å². The summed E-state index contributed by atoms with van der Waals surface area (Å²) in [4.78, 5) is 28.4. The van der Waals surface area contributed by atoms with Gasteiger partial charge in [0.05, 0.1) is 17.9 Å². The number of benzene rings is 1. The first kappa shape index (κ1) is 15.5. The van der Waals surface area contributed by atoms with E-state index in [1.54, 1.807) is 0 Å². The highest BCUT2D eigenvalue weighted by Crippen LogP contribution is 2.32. The molecule has 2 N–H and O–H groups in total. The molecule has 0 bridgehead atoms. The number of hydrogen-bond donors (Lipinski definition) is 1. The molecular formula is C16H23N3O2. The van der Waals surface area contributed by atoms with Gasteiger partial charge in [0.2, 0.25) is 5.91 Å². The van der Waals surface area contributed by atoms with Crippen LogP contribution in [0.2, 0.25) is 0 Å². The number of amides is 1. The van der Waals surface area contributed by atoms with E-state index in [1.807, 2.05) is 57.0 Å². The zero-order valence-corrected chi connectivity index (χ0v) is 13.1. The normalized spacial score (nSPS) is 19.3. The number of nitrogens with zero attached hydrogens (tertiary/aromatic N) is 2. The molecule has 1 aliphatic heterocycles. The summed E-state index contributed by atoms with van der Waals surface area (Å²) in [5.41, 5.74) is 7.15. The molecule has 0 saturated heterocycles. The molecule has 1 amide bonds. The van der Waals surface area contributed by atoms with Gasteiger partial charge < -0.3 is 15.5 Å². The van der Waals surface area contributed by atoms with Crippen LogP contribution in [0.25, 0.3) is 0 Å². The first-order valence-corrected chi connectivity index (χ1v) is 7.12. The number of rotatable bonds is 2. The minimum Gasteiger partial charge on any atom is -0.371 e. The van der Waals surface area contributed by atoms with Crippen molar-refractivity contribution in [2.75, 3.05) is 29.9 Å². The lowest BCUT2D eigenvalue weighted by Crippen LogP contribution is -2.49. The highest BCUT2D eigenvalue weighted by molar-refractivity contribution is 6.06. The van der Waals surface area contributed by atoms with Crippen LogP contribution in [0.4, 0.5) is 11.4 Å². The van der Waals surface area contributed by atoms with E-state index in [1.165, 1.54) is 4.90 Å². The van der Waals surface area contributed by atoms with Crippen molar-refractivity contribution in [3.8, 4) is 0 Å². The Balaban J connectivity index is 2.43. The van der Waals surface area contributed by atoms with E-state index < -0.39 is 11.5 Å².